The number of aromatic nitrogens is 1. The second kappa shape index (κ2) is 9.00. The lowest BCUT2D eigenvalue weighted by molar-refractivity contribution is 0.0944. The molecule has 140 valence electrons. The van der Waals surface area contributed by atoms with E-state index in [2.05, 4.69) is 15.8 Å². The second-order valence-electron chi connectivity index (χ2n) is 6.36. The molecule has 3 rings (SSSR count). The molecule has 2 aromatic carbocycles. The number of aromatic hydroxyl groups is 1. The van der Waals surface area contributed by atoms with Crippen LogP contribution in [0.2, 0.25) is 0 Å². The van der Waals surface area contributed by atoms with Crippen molar-refractivity contribution in [2.45, 2.75) is 19.9 Å². The molecule has 3 aromatic rings. The Kier molecular flexibility index (Phi) is 6.22. The number of carbonyl (C=O) groups is 1. The quantitative estimate of drug-likeness (QED) is 0.533. The van der Waals surface area contributed by atoms with Gasteiger partial charge in [0.2, 0.25) is 0 Å². The van der Waals surface area contributed by atoms with Gasteiger partial charge >= 0.3 is 0 Å². The number of nitrogens with one attached hydrogen (secondary N) is 2. The number of hydrogen-bond acceptors (Lipinski definition) is 5. The Hall–Kier alpha value is -3.12. The molecule has 0 spiro atoms. The van der Waals surface area contributed by atoms with E-state index in [1.165, 1.54) is 0 Å². The lowest BCUT2D eigenvalue weighted by Crippen LogP contribution is -2.27. The Morgan fingerprint density at radius 3 is 2.70 bits per heavy atom. The third-order valence-corrected chi connectivity index (χ3v) is 4.17. The molecule has 6 nitrogen and oxygen atoms in total. The highest BCUT2D eigenvalue weighted by Crippen LogP contribution is 2.19. The molecular formula is C21H23N3O3. The van der Waals surface area contributed by atoms with Gasteiger partial charge in [-0.1, -0.05) is 47.6 Å². The van der Waals surface area contributed by atoms with E-state index < -0.39 is 0 Å². The number of benzene rings is 2. The van der Waals surface area contributed by atoms with Crippen LogP contribution in [0.15, 0.2) is 59.1 Å². The smallest absolute Gasteiger partial charge is 0.273 e. The largest absolute Gasteiger partial charge is 0.508 e. The first-order chi connectivity index (χ1) is 13.1. The third-order valence-electron chi connectivity index (χ3n) is 4.17. The van der Waals surface area contributed by atoms with Crippen LogP contribution in [0.3, 0.4) is 0 Å². The Bertz CT molecular complexity index is 891. The van der Waals surface area contributed by atoms with Crippen molar-refractivity contribution in [3.05, 3.63) is 71.4 Å². The van der Waals surface area contributed by atoms with Crippen LogP contribution in [-0.2, 0) is 6.54 Å². The first-order valence-electron chi connectivity index (χ1n) is 8.93. The summed E-state index contributed by atoms with van der Waals surface area (Å²) in [6, 6.07) is 16.8. The van der Waals surface area contributed by atoms with E-state index in [1.807, 2.05) is 49.4 Å². The third kappa shape index (κ3) is 5.18. The molecule has 1 amide bonds. The van der Waals surface area contributed by atoms with E-state index in [9.17, 15) is 9.90 Å². The minimum absolute atomic E-state index is 0.253. The highest BCUT2D eigenvalue weighted by molar-refractivity contribution is 5.93. The van der Waals surface area contributed by atoms with Crippen molar-refractivity contribution in [2.24, 2.45) is 0 Å². The molecule has 0 saturated carbocycles. The van der Waals surface area contributed by atoms with Crippen molar-refractivity contribution in [3.8, 4) is 17.1 Å². The maximum atomic E-state index is 12.1. The normalized spacial score (nSPS) is 10.7. The maximum absolute atomic E-state index is 12.1. The molecule has 6 heteroatoms. The number of amides is 1. The second-order valence-corrected chi connectivity index (χ2v) is 6.36. The van der Waals surface area contributed by atoms with Gasteiger partial charge in [-0.2, -0.15) is 0 Å². The van der Waals surface area contributed by atoms with Crippen LogP contribution >= 0.6 is 0 Å². The van der Waals surface area contributed by atoms with Crippen LogP contribution in [0.1, 0.15) is 28.0 Å². The minimum atomic E-state index is -0.253. The fourth-order valence-corrected chi connectivity index (χ4v) is 2.67. The highest BCUT2D eigenvalue weighted by atomic mass is 16.5. The minimum Gasteiger partial charge on any atom is -0.508 e. The number of phenols is 1. The lowest BCUT2D eigenvalue weighted by Gasteiger charge is -2.08. The van der Waals surface area contributed by atoms with Gasteiger partial charge in [0.15, 0.2) is 11.5 Å². The Morgan fingerprint density at radius 2 is 1.93 bits per heavy atom. The van der Waals surface area contributed by atoms with Crippen LogP contribution in [0, 0.1) is 6.92 Å². The van der Waals surface area contributed by atoms with Gasteiger partial charge in [-0.3, -0.25) is 4.79 Å². The fourth-order valence-electron chi connectivity index (χ4n) is 2.67. The highest BCUT2D eigenvalue weighted by Gasteiger charge is 2.12. The molecule has 0 aliphatic heterocycles. The lowest BCUT2D eigenvalue weighted by atomic mass is 10.1. The van der Waals surface area contributed by atoms with Crippen LogP contribution in [0.4, 0.5) is 0 Å². The summed E-state index contributed by atoms with van der Waals surface area (Å²) in [5.41, 5.74) is 3.04. The summed E-state index contributed by atoms with van der Waals surface area (Å²) >= 11 is 0. The summed E-state index contributed by atoms with van der Waals surface area (Å²) in [7, 11) is 0. The fraction of sp³-hybridized carbons (Fsp3) is 0.238. The summed E-state index contributed by atoms with van der Waals surface area (Å²) in [6.07, 6.45) is 0.766. The molecule has 0 saturated heterocycles. The predicted octanol–water partition coefficient (Wildman–Crippen LogP) is 3.27. The molecule has 1 heterocycles. The van der Waals surface area contributed by atoms with Crippen molar-refractivity contribution < 1.29 is 14.4 Å². The molecule has 0 atom stereocenters. The molecule has 27 heavy (non-hydrogen) atoms. The van der Waals surface area contributed by atoms with E-state index in [0.29, 0.717) is 24.6 Å². The number of nitrogens with zero attached hydrogens (tertiary/aromatic N) is 1. The number of carbonyl (C=O) groups excluding carboxylic acids is 1. The van der Waals surface area contributed by atoms with Crippen molar-refractivity contribution in [1.82, 2.24) is 15.8 Å². The summed E-state index contributed by atoms with van der Waals surface area (Å²) in [5.74, 6) is 0.619. The van der Waals surface area contributed by atoms with Crippen LogP contribution in [-0.4, -0.2) is 29.3 Å². The molecule has 1 aromatic heterocycles. The average Bonchev–Trinajstić information content (AvgIpc) is 3.17. The zero-order chi connectivity index (χ0) is 19.1. The van der Waals surface area contributed by atoms with Gasteiger partial charge in [0.25, 0.3) is 5.91 Å². The van der Waals surface area contributed by atoms with Crippen molar-refractivity contribution in [1.29, 1.82) is 0 Å². The van der Waals surface area contributed by atoms with Gasteiger partial charge in [0, 0.05) is 30.3 Å². The molecule has 0 aliphatic rings. The molecule has 0 radical (unpaired) electrons. The molecule has 0 fully saturated rings. The Balaban J connectivity index is 1.38. The van der Waals surface area contributed by atoms with Gasteiger partial charge in [-0.15, -0.1) is 0 Å². The van der Waals surface area contributed by atoms with E-state index in [1.54, 1.807) is 12.1 Å². The Morgan fingerprint density at radius 1 is 1.11 bits per heavy atom. The van der Waals surface area contributed by atoms with Crippen LogP contribution in [0.25, 0.3) is 11.3 Å². The maximum Gasteiger partial charge on any atom is 0.273 e. The van der Waals surface area contributed by atoms with E-state index in [4.69, 9.17) is 4.52 Å². The standard InChI is InChI=1S/C21H23N3O3/c1-15-8-9-17(19(25)12-15)14-22-10-5-11-23-21(26)18-13-20(27-24-18)16-6-3-2-4-7-16/h2-4,6-9,12-13,22,25H,5,10-11,14H2,1H3,(H,23,26). The monoisotopic (exact) mass is 365 g/mol. The molecule has 0 bridgehead atoms. The van der Waals surface area contributed by atoms with Crippen LogP contribution in [0.5, 0.6) is 5.75 Å². The molecular weight excluding hydrogens is 342 g/mol. The van der Waals surface area contributed by atoms with E-state index in [0.717, 1.165) is 29.7 Å². The first-order valence-corrected chi connectivity index (χ1v) is 8.93. The SMILES string of the molecule is Cc1ccc(CNCCCNC(=O)c2cc(-c3ccccc3)on2)c(O)c1. The number of aryl methyl sites for hydroxylation is 1. The molecule has 3 N–H and O–H groups in total. The van der Waals surface area contributed by atoms with Crippen molar-refractivity contribution in [3.63, 3.8) is 0 Å². The zero-order valence-corrected chi connectivity index (χ0v) is 15.2. The van der Waals surface area contributed by atoms with Crippen molar-refractivity contribution >= 4 is 5.91 Å². The van der Waals surface area contributed by atoms with Gasteiger partial charge in [-0.25, -0.2) is 0 Å². The summed E-state index contributed by atoms with van der Waals surface area (Å²) < 4.78 is 5.24. The van der Waals surface area contributed by atoms with E-state index in [-0.39, 0.29) is 11.6 Å². The number of hydrogen-bond donors (Lipinski definition) is 3. The van der Waals surface area contributed by atoms with Gasteiger partial charge in [0.1, 0.15) is 5.75 Å². The zero-order valence-electron chi connectivity index (χ0n) is 15.2. The number of phenolic OH excluding ortho intramolecular Hbond substituents is 1. The van der Waals surface area contributed by atoms with Crippen LogP contribution < -0.4 is 10.6 Å². The van der Waals surface area contributed by atoms with Crippen molar-refractivity contribution in [2.75, 3.05) is 13.1 Å². The summed E-state index contributed by atoms with van der Waals surface area (Å²) in [5, 5.41) is 19.8. The van der Waals surface area contributed by atoms with E-state index >= 15 is 0 Å². The predicted molar refractivity (Wildman–Crippen MR) is 103 cm³/mol. The molecule has 0 unspecified atom stereocenters. The summed E-state index contributed by atoms with van der Waals surface area (Å²) in [4.78, 5) is 12.1. The Labute approximate surface area is 158 Å². The van der Waals surface area contributed by atoms with Gasteiger partial charge in [-0.05, 0) is 31.5 Å². The first kappa shape index (κ1) is 18.7. The summed E-state index contributed by atoms with van der Waals surface area (Å²) in [6.45, 7) is 3.78. The van der Waals surface area contributed by atoms with Gasteiger partial charge in [0.05, 0.1) is 0 Å². The molecule has 0 aliphatic carbocycles. The topological polar surface area (TPSA) is 87.4 Å². The number of rotatable bonds is 8. The van der Waals surface area contributed by atoms with Gasteiger partial charge < -0.3 is 20.3 Å². The average molecular weight is 365 g/mol.